The second kappa shape index (κ2) is 13.9. The van der Waals surface area contributed by atoms with Crippen molar-refractivity contribution in [2.24, 2.45) is 5.16 Å². The Morgan fingerprint density at radius 3 is 2.04 bits per heavy atom. The monoisotopic (exact) mass is 642 g/mol. The largest absolute Gasteiger partial charge is 0.493 e. The Hall–Kier alpha value is -5.16. The molecule has 0 saturated carbocycles. The predicted octanol–water partition coefficient (Wildman–Crippen LogP) is 7.33. The standard InChI is InChI=1S/C35H34N2O8S/c1-38-26-12-10-21(28-20-25(37-45-28)23-18-31(40-3)34(42-5)32(19-23)41-4)16-30(26)44-15-14-43-27-13-11-22(17-29(27)39-2)35-36-24-8-6-7-9-33(24)46-35/h6-13,16-19,28H,14-15,20H2,1-5H3. The minimum absolute atomic E-state index is 0.279. The molecule has 1 aliphatic heterocycles. The molecule has 5 aromatic rings. The van der Waals surface area contributed by atoms with Crippen molar-refractivity contribution in [3.8, 4) is 50.8 Å². The average molecular weight is 643 g/mol. The normalized spacial score (nSPS) is 13.9. The van der Waals surface area contributed by atoms with Crippen LogP contribution in [0.4, 0.5) is 0 Å². The Kier molecular flexibility index (Phi) is 9.30. The van der Waals surface area contributed by atoms with E-state index in [1.165, 1.54) is 0 Å². The van der Waals surface area contributed by atoms with Crippen molar-refractivity contribution >= 4 is 27.3 Å². The average Bonchev–Trinajstić information content (AvgIpc) is 3.78. The molecule has 10 nitrogen and oxygen atoms in total. The summed E-state index contributed by atoms with van der Waals surface area (Å²) < 4.78 is 40.9. The number of ether oxygens (including phenoxy) is 7. The molecule has 1 unspecified atom stereocenters. The van der Waals surface area contributed by atoms with Gasteiger partial charge in [-0.25, -0.2) is 4.98 Å². The van der Waals surface area contributed by atoms with Crippen LogP contribution in [0.5, 0.6) is 40.2 Å². The van der Waals surface area contributed by atoms with Crippen molar-refractivity contribution in [3.63, 3.8) is 0 Å². The fourth-order valence-corrected chi connectivity index (χ4v) is 6.16. The third-order valence-corrected chi connectivity index (χ3v) is 8.61. The molecular formula is C35H34N2O8S. The summed E-state index contributed by atoms with van der Waals surface area (Å²) in [5.41, 5.74) is 4.43. The molecule has 1 aliphatic rings. The molecule has 11 heteroatoms. The second-order valence-electron chi connectivity index (χ2n) is 10.2. The first-order chi connectivity index (χ1) is 22.5. The molecule has 0 radical (unpaired) electrons. The third-order valence-electron chi connectivity index (χ3n) is 7.53. The van der Waals surface area contributed by atoms with Crippen molar-refractivity contribution in [2.75, 3.05) is 48.8 Å². The van der Waals surface area contributed by atoms with Gasteiger partial charge in [0.05, 0.1) is 51.5 Å². The van der Waals surface area contributed by atoms with E-state index in [4.69, 9.17) is 43.0 Å². The maximum Gasteiger partial charge on any atom is 0.203 e. The highest BCUT2D eigenvalue weighted by molar-refractivity contribution is 7.21. The summed E-state index contributed by atoms with van der Waals surface area (Å²) in [7, 11) is 7.96. The van der Waals surface area contributed by atoms with Gasteiger partial charge in [-0.05, 0) is 60.2 Å². The number of fused-ring (bicyclic) bond motifs is 1. The molecule has 0 saturated heterocycles. The number of hydrogen-bond acceptors (Lipinski definition) is 11. The van der Waals surface area contributed by atoms with E-state index in [9.17, 15) is 0 Å². The Bertz CT molecular complexity index is 1810. The molecule has 0 spiro atoms. The third kappa shape index (κ3) is 6.32. The Morgan fingerprint density at radius 1 is 0.674 bits per heavy atom. The topological polar surface area (TPSA) is 99.1 Å². The van der Waals surface area contributed by atoms with Crippen LogP contribution in [0.15, 0.2) is 78.0 Å². The highest BCUT2D eigenvalue weighted by atomic mass is 32.1. The number of thiazole rings is 1. The Labute approximate surface area is 271 Å². The van der Waals surface area contributed by atoms with E-state index in [1.807, 2.05) is 66.7 Å². The smallest absolute Gasteiger partial charge is 0.203 e. The molecule has 0 N–H and O–H groups in total. The van der Waals surface area contributed by atoms with Crippen LogP contribution >= 0.6 is 11.3 Å². The zero-order chi connectivity index (χ0) is 32.0. The van der Waals surface area contributed by atoms with Gasteiger partial charge in [-0.3, -0.25) is 0 Å². The van der Waals surface area contributed by atoms with Crippen LogP contribution in [0.25, 0.3) is 20.8 Å². The van der Waals surface area contributed by atoms with Gasteiger partial charge in [-0.2, -0.15) is 0 Å². The van der Waals surface area contributed by atoms with Crippen LogP contribution in [0.3, 0.4) is 0 Å². The van der Waals surface area contributed by atoms with Gasteiger partial charge in [0.1, 0.15) is 18.2 Å². The van der Waals surface area contributed by atoms with Gasteiger partial charge in [0.25, 0.3) is 0 Å². The first-order valence-corrected chi connectivity index (χ1v) is 15.4. The Morgan fingerprint density at radius 2 is 1.35 bits per heavy atom. The molecule has 238 valence electrons. The van der Waals surface area contributed by atoms with E-state index in [1.54, 1.807) is 46.9 Å². The highest BCUT2D eigenvalue weighted by Crippen LogP contribution is 2.41. The van der Waals surface area contributed by atoms with E-state index in [0.717, 1.165) is 37.6 Å². The van der Waals surface area contributed by atoms with Gasteiger partial charge in [-0.15, -0.1) is 11.3 Å². The number of hydrogen-bond donors (Lipinski definition) is 0. The van der Waals surface area contributed by atoms with Crippen molar-refractivity contribution in [1.82, 2.24) is 4.98 Å². The number of oxime groups is 1. The lowest BCUT2D eigenvalue weighted by atomic mass is 9.99. The van der Waals surface area contributed by atoms with Crippen molar-refractivity contribution in [2.45, 2.75) is 12.5 Å². The SMILES string of the molecule is COc1cc(-c2nc3ccccc3s2)ccc1OCCOc1cc(C2CC(c3cc(OC)c(OC)c(OC)c3)=NO2)ccc1OC. The molecule has 4 aromatic carbocycles. The lowest BCUT2D eigenvalue weighted by molar-refractivity contribution is 0.0854. The molecule has 1 atom stereocenters. The van der Waals surface area contributed by atoms with Gasteiger partial charge in [0.2, 0.25) is 5.75 Å². The van der Waals surface area contributed by atoms with E-state index in [-0.39, 0.29) is 12.7 Å². The fourth-order valence-electron chi connectivity index (χ4n) is 5.20. The quantitative estimate of drug-likeness (QED) is 0.122. The van der Waals surface area contributed by atoms with Gasteiger partial charge in [-0.1, -0.05) is 23.4 Å². The summed E-state index contributed by atoms with van der Waals surface area (Å²) in [5, 5.41) is 5.29. The maximum atomic E-state index is 6.11. The molecule has 0 aliphatic carbocycles. The van der Waals surface area contributed by atoms with E-state index in [0.29, 0.717) is 53.3 Å². The van der Waals surface area contributed by atoms with Crippen molar-refractivity contribution in [3.05, 3.63) is 83.9 Å². The number of benzene rings is 4. The van der Waals surface area contributed by atoms with E-state index in [2.05, 4.69) is 11.2 Å². The zero-order valence-corrected chi connectivity index (χ0v) is 27.0. The van der Waals surface area contributed by atoms with E-state index >= 15 is 0 Å². The molecule has 2 heterocycles. The minimum Gasteiger partial charge on any atom is -0.493 e. The molecule has 46 heavy (non-hydrogen) atoms. The summed E-state index contributed by atoms with van der Waals surface area (Å²) in [6, 6.07) is 23.3. The van der Waals surface area contributed by atoms with Crippen LogP contribution in [-0.2, 0) is 4.84 Å². The van der Waals surface area contributed by atoms with Gasteiger partial charge >= 0.3 is 0 Å². The Balaban J connectivity index is 1.09. The number of para-hydroxylation sites is 1. The van der Waals surface area contributed by atoms with Crippen molar-refractivity contribution in [1.29, 1.82) is 0 Å². The lowest BCUT2D eigenvalue weighted by Gasteiger charge is -2.16. The predicted molar refractivity (Wildman–Crippen MR) is 177 cm³/mol. The number of aromatic nitrogens is 1. The van der Waals surface area contributed by atoms with Gasteiger partial charge in [0.15, 0.2) is 40.6 Å². The lowest BCUT2D eigenvalue weighted by Crippen LogP contribution is -2.10. The number of methoxy groups -OCH3 is 5. The molecule has 6 rings (SSSR count). The first-order valence-electron chi connectivity index (χ1n) is 14.6. The molecule has 0 fully saturated rings. The zero-order valence-electron chi connectivity index (χ0n) is 26.2. The van der Waals surface area contributed by atoms with Crippen LogP contribution in [0.2, 0.25) is 0 Å². The molecule has 1 aromatic heterocycles. The number of nitrogens with zero attached hydrogens (tertiary/aromatic N) is 2. The van der Waals surface area contributed by atoms with Crippen LogP contribution in [0.1, 0.15) is 23.7 Å². The van der Waals surface area contributed by atoms with Gasteiger partial charge in [0, 0.05) is 17.5 Å². The number of rotatable bonds is 13. The summed E-state index contributed by atoms with van der Waals surface area (Å²) in [6.45, 7) is 0.569. The fraction of sp³-hybridized carbons (Fsp3) is 0.257. The molecule has 0 amide bonds. The van der Waals surface area contributed by atoms with Crippen LogP contribution < -0.4 is 33.2 Å². The summed E-state index contributed by atoms with van der Waals surface area (Å²) in [6.07, 6.45) is 0.233. The van der Waals surface area contributed by atoms with Crippen molar-refractivity contribution < 1.29 is 38.0 Å². The van der Waals surface area contributed by atoms with Crippen LogP contribution in [-0.4, -0.2) is 59.5 Å². The summed E-state index contributed by atoms with van der Waals surface area (Å²) in [4.78, 5) is 10.6. The summed E-state index contributed by atoms with van der Waals surface area (Å²) >= 11 is 1.64. The summed E-state index contributed by atoms with van der Waals surface area (Å²) in [5.74, 6) is 4.03. The second-order valence-corrected chi connectivity index (χ2v) is 11.2. The highest BCUT2D eigenvalue weighted by Gasteiger charge is 2.27. The maximum absolute atomic E-state index is 6.11. The minimum atomic E-state index is -0.309. The van der Waals surface area contributed by atoms with E-state index < -0.39 is 0 Å². The molecular weight excluding hydrogens is 608 g/mol. The first kappa shape index (κ1) is 30.8. The molecule has 0 bridgehead atoms. The van der Waals surface area contributed by atoms with Crippen LogP contribution in [0, 0.1) is 0 Å². The van der Waals surface area contributed by atoms with Gasteiger partial charge < -0.3 is 38.0 Å².